The molecule has 19 heavy (non-hydrogen) atoms. The zero-order valence-corrected chi connectivity index (χ0v) is 11.2. The normalized spacial score (nSPS) is 15.6. The predicted octanol–water partition coefficient (Wildman–Crippen LogP) is 4.35. The average molecular weight is 252 g/mol. The van der Waals surface area contributed by atoms with Crippen molar-refractivity contribution in [3.63, 3.8) is 0 Å². The first kappa shape index (κ1) is 12.2. The summed E-state index contributed by atoms with van der Waals surface area (Å²) < 4.78 is 0. The highest BCUT2D eigenvalue weighted by molar-refractivity contribution is 5.65. The minimum absolute atomic E-state index is 0.873. The van der Waals surface area contributed by atoms with E-state index in [-0.39, 0.29) is 0 Å². The Morgan fingerprint density at radius 1 is 1.00 bits per heavy atom. The lowest BCUT2D eigenvalue weighted by Gasteiger charge is -2.12. The highest BCUT2D eigenvalue weighted by Gasteiger charge is 2.14. The monoisotopic (exact) mass is 252 g/mol. The van der Waals surface area contributed by atoms with E-state index in [0.717, 1.165) is 12.5 Å². The molecule has 2 nitrogen and oxygen atoms in total. The van der Waals surface area contributed by atoms with Crippen LogP contribution in [0.2, 0.25) is 0 Å². The van der Waals surface area contributed by atoms with Crippen molar-refractivity contribution in [3.8, 4) is 11.1 Å². The number of nitrogens with zero attached hydrogens (tertiary/aromatic N) is 1. The first-order valence-electron chi connectivity index (χ1n) is 7.16. The van der Waals surface area contributed by atoms with Crippen molar-refractivity contribution in [3.05, 3.63) is 48.8 Å². The smallest absolute Gasteiger partial charge is 0.0346 e. The lowest BCUT2D eigenvalue weighted by molar-refractivity contribution is 0.580. The van der Waals surface area contributed by atoms with E-state index in [1.807, 2.05) is 12.3 Å². The number of anilines is 1. The molecule has 1 fully saturated rings. The number of rotatable bonds is 4. The third-order valence-corrected chi connectivity index (χ3v) is 3.95. The van der Waals surface area contributed by atoms with Gasteiger partial charge in [0.05, 0.1) is 0 Å². The van der Waals surface area contributed by atoms with Crippen LogP contribution in [-0.4, -0.2) is 11.5 Å². The lowest BCUT2D eigenvalue weighted by atomic mass is 10.1. The highest BCUT2D eigenvalue weighted by Crippen LogP contribution is 2.25. The van der Waals surface area contributed by atoms with Crippen molar-refractivity contribution in [2.24, 2.45) is 5.92 Å². The first-order valence-corrected chi connectivity index (χ1v) is 7.16. The molecule has 1 heterocycles. The summed E-state index contributed by atoms with van der Waals surface area (Å²) in [4.78, 5) is 4.16. The third-order valence-electron chi connectivity index (χ3n) is 3.95. The van der Waals surface area contributed by atoms with Crippen LogP contribution in [0.25, 0.3) is 11.1 Å². The maximum absolute atomic E-state index is 4.16. The molecule has 0 atom stereocenters. The fourth-order valence-corrected chi connectivity index (χ4v) is 2.79. The van der Waals surface area contributed by atoms with Gasteiger partial charge in [-0.25, -0.2) is 0 Å². The van der Waals surface area contributed by atoms with Gasteiger partial charge in [-0.05, 0) is 48.1 Å². The summed E-state index contributed by atoms with van der Waals surface area (Å²) in [5.41, 5.74) is 3.61. The summed E-state index contributed by atoms with van der Waals surface area (Å²) in [6.07, 6.45) is 9.31. The molecule has 1 aromatic carbocycles. The first-order chi connectivity index (χ1) is 9.42. The van der Waals surface area contributed by atoms with Crippen LogP contribution in [0.4, 0.5) is 5.69 Å². The molecule has 0 amide bonds. The molecule has 1 aliphatic carbocycles. The van der Waals surface area contributed by atoms with Crippen LogP contribution in [0.5, 0.6) is 0 Å². The Hall–Kier alpha value is -1.83. The maximum atomic E-state index is 4.16. The van der Waals surface area contributed by atoms with E-state index in [4.69, 9.17) is 0 Å². The zero-order chi connectivity index (χ0) is 12.9. The Morgan fingerprint density at radius 3 is 2.47 bits per heavy atom. The van der Waals surface area contributed by atoms with Gasteiger partial charge in [-0.2, -0.15) is 0 Å². The van der Waals surface area contributed by atoms with E-state index < -0.39 is 0 Å². The molecule has 1 aromatic heterocycles. The predicted molar refractivity (Wildman–Crippen MR) is 80.1 cm³/mol. The van der Waals surface area contributed by atoms with Crippen molar-refractivity contribution < 1.29 is 0 Å². The number of pyridine rings is 1. The van der Waals surface area contributed by atoms with Crippen molar-refractivity contribution in [2.75, 3.05) is 11.9 Å². The molecule has 2 heteroatoms. The number of benzene rings is 1. The van der Waals surface area contributed by atoms with Gasteiger partial charge in [0.15, 0.2) is 0 Å². The van der Waals surface area contributed by atoms with Crippen LogP contribution in [0.1, 0.15) is 25.7 Å². The minimum Gasteiger partial charge on any atom is -0.385 e. The van der Waals surface area contributed by atoms with Gasteiger partial charge in [0.2, 0.25) is 0 Å². The summed E-state index contributed by atoms with van der Waals surface area (Å²) in [5.74, 6) is 0.873. The van der Waals surface area contributed by atoms with Crippen LogP contribution < -0.4 is 5.32 Å². The largest absolute Gasteiger partial charge is 0.385 e. The van der Waals surface area contributed by atoms with Crippen LogP contribution in [0.15, 0.2) is 48.8 Å². The second kappa shape index (κ2) is 5.87. The lowest BCUT2D eigenvalue weighted by Crippen LogP contribution is -2.10. The van der Waals surface area contributed by atoms with E-state index in [9.17, 15) is 0 Å². The number of nitrogens with one attached hydrogen (secondary N) is 1. The summed E-state index contributed by atoms with van der Waals surface area (Å²) >= 11 is 0. The number of hydrogen-bond acceptors (Lipinski definition) is 2. The Balaban J connectivity index is 1.62. The zero-order valence-electron chi connectivity index (χ0n) is 11.2. The summed E-state index contributed by atoms with van der Waals surface area (Å²) in [6.45, 7) is 1.12. The van der Waals surface area contributed by atoms with Gasteiger partial charge in [0.25, 0.3) is 0 Å². The quantitative estimate of drug-likeness (QED) is 0.875. The molecule has 1 aliphatic rings. The van der Waals surface area contributed by atoms with Crippen molar-refractivity contribution in [2.45, 2.75) is 25.7 Å². The molecule has 0 aliphatic heterocycles. The number of hydrogen-bond donors (Lipinski definition) is 1. The van der Waals surface area contributed by atoms with E-state index in [1.54, 1.807) is 6.20 Å². The van der Waals surface area contributed by atoms with Crippen molar-refractivity contribution in [1.82, 2.24) is 4.98 Å². The van der Waals surface area contributed by atoms with Gasteiger partial charge in [-0.15, -0.1) is 0 Å². The molecule has 1 N–H and O–H groups in total. The van der Waals surface area contributed by atoms with Crippen LogP contribution in [-0.2, 0) is 0 Å². The van der Waals surface area contributed by atoms with E-state index in [0.29, 0.717) is 0 Å². The van der Waals surface area contributed by atoms with Crippen molar-refractivity contribution in [1.29, 1.82) is 0 Å². The standard InChI is InChI=1S/C17H20N2/c1-2-5-14(4-1)12-19-17-9-7-15(8-10-17)16-6-3-11-18-13-16/h3,6-11,13-14,19H,1-2,4-5,12H2. The fourth-order valence-electron chi connectivity index (χ4n) is 2.79. The molecular formula is C17H20N2. The molecule has 0 radical (unpaired) electrons. The van der Waals surface area contributed by atoms with Crippen LogP contribution >= 0.6 is 0 Å². The molecule has 0 spiro atoms. The number of aromatic nitrogens is 1. The van der Waals surface area contributed by atoms with Gasteiger partial charge in [-0.3, -0.25) is 4.98 Å². The molecule has 0 unspecified atom stereocenters. The molecular weight excluding hydrogens is 232 g/mol. The Morgan fingerprint density at radius 2 is 1.79 bits per heavy atom. The van der Waals surface area contributed by atoms with Gasteiger partial charge in [-0.1, -0.05) is 31.0 Å². The Bertz CT molecular complexity index is 499. The second-order valence-corrected chi connectivity index (χ2v) is 5.35. The van der Waals surface area contributed by atoms with Crippen molar-refractivity contribution >= 4 is 5.69 Å². The second-order valence-electron chi connectivity index (χ2n) is 5.35. The Labute approximate surface area is 114 Å². The molecule has 98 valence electrons. The van der Waals surface area contributed by atoms with E-state index in [1.165, 1.54) is 42.5 Å². The Kier molecular flexibility index (Phi) is 3.78. The van der Waals surface area contributed by atoms with E-state index >= 15 is 0 Å². The average Bonchev–Trinajstić information content (AvgIpc) is 3.00. The van der Waals surface area contributed by atoms with Crippen LogP contribution in [0.3, 0.4) is 0 Å². The molecule has 3 rings (SSSR count). The molecule has 1 saturated carbocycles. The van der Waals surface area contributed by atoms with Gasteiger partial charge < -0.3 is 5.32 Å². The van der Waals surface area contributed by atoms with Gasteiger partial charge in [0, 0.05) is 24.6 Å². The minimum atomic E-state index is 0.873. The summed E-state index contributed by atoms with van der Waals surface area (Å²) in [6, 6.07) is 12.7. The highest BCUT2D eigenvalue weighted by atomic mass is 14.9. The van der Waals surface area contributed by atoms with Gasteiger partial charge >= 0.3 is 0 Å². The third kappa shape index (κ3) is 3.14. The SMILES string of the molecule is c1cncc(-c2ccc(NCC3CCCC3)cc2)c1. The van der Waals surface area contributed by atoms with Crippen LogP contribution in [0, 0.1) is 5.92 Å². The summed E-state index contributed by atoms with van der Waals surface area (Å²) in [5, 5.41) is 3.55. The topological polar surface area (TPSA) is 24.9 Å². The molecule has 2 aromatic rings. The summed E-state index contributed by atoms with van der Waals surface area (Å²) in [7, 11) is 0. The maximum Gasteiger partial charge on any atom is 0.0346 e. The van der Waals surface area contributed by atoms with Gasteiger partial charge in [0.1, 0.15) is 0 Å². The molecule has 0 bridgehead atoms. The fraction of sp³-hybridized carbons (Fsp3) is 0.353. The van der Waals surface area contributed by atoms with E-state index in [2.05, 4.69) is 40.6 Å². The molecule has 0 saturated heterocycles.